The smallest absolute Gasteiger partial charge is 0.0247 e. The number of hydrogen-bond acceptors (Lipinski definition) is 3. The number of nitrogens with one attached hydrogen (secondary N) is 1. The first-order valence-corrected chi connectivity index (χ1v) is 8.45. The zero-order valence-electron chi connectivity index (χ0n) is 13.2. The molecule has 2 rings (SSSR count). The van der Waals surface area contributed by atoms with Gasteiger partial charge in [-0.05, 0) is 52.2 Å². The number of likely N-dealkylation sites (N-methyl/N-ethyl adjacent to an activating group) is 1. The lowest BCUT2D eigenvalue weighted by atomic mass is 10.00. The molecule has 2 heterocycles. The Morgan fingerprint density at radius 1 is 1.16 bits per heavy atom. The van der Waals surface area contributed by atoms with Crippen molar-refractivity contribution < 1.29 is 0 Å². The van der Waals surface area contributed by atoms with E-state index in [1.54, 1.807) is 0 Å². The Balaban J connectivity index is 1.89. The molecule has 3 nitrogen and oxygen atoms in total. The maximum absolute atomic E-state index is 3.56. The molecular weight excluding hydrogens is 234 g/mol. The fourth-order valence-corrected chi connectivity index (χ4v) is 4.11. The normalized spacial score (nSPS) is 28.9. The van der Waals surface area contributed by atoms with Gasteiger partial charge in [0.25, 0.3) is 0 Å². The molecule has 19 heavy (non-hydrogen) atoms. The summed E-state index contributed by atoms with van der Waals surface area (Å²) in [6, 6.07) is 2.25. The molecule has 2 fully saturated rings. The highest BCUT2D eigenvalue weighted by molar-refractivity contribution is 4.92. The highest BCUT2D eigenvalue weighted by atomic mass is 15.3. The van der Waals surface area contributed by atoms with Crippen molar-refractivity contribution in [2.75, 3.05) is 33.2 Å². The molecule has 0 aromatic rings. The minimum absolute atomic E-state index is 0.673. The number of hydrogen-bond donors (Lipinski definition) is 1. The molecule has 1 N–H and O–H groups in total. The summed E-state index contributed by atoms with van der Waals surface area (Å²) in [7, 11) is 2.14. The molecular formula is C16H33N3. The fourth-order valence-electron chi connectivity index (χ4n) is 4.11. The maximum atomic E-state index is 3.56. The van der Waals surface area contributed by atoms with Crippen LogP contribution in [0.25, 0.3) is 0 Å². The third-order valence-corrected chi connectivity index (χ3v) is 5.17. The second-order valence-corrected chi connectivity index (χ2v) is 6.34. The molecule has 3 unspecified atom stereocenters. The zero-order chi connectivity index (χ0) is 13.7. The molecule has 3 heteroatoms. The second-order valence-electron chi connectivity index (χ2n) is 6.34. The Morgan fingerprint density at radius 3 is 2.47 bits per heavy atom. The van der Waals surface area contributed by atoms with Gasteiger partial charge in [0.1, 0.15) is 0 Å². The molecule has 112 valence electrons. The van der Waals surface area contributed by atoms with Gasteiger partial charge in [0.15, 0.2) is 0 Å². The Morgan fingerprint density at radius 2 is 1.89 bits per heavy atom. The largest absolute Gasteiger partial charge is 0.315 e. The predicted octanol–water partition coefficient (Wildman–Crippen LogP) is 2.32. The first-order valence-electron chi connectivity index (χ1n) is 8.45. The molecule has 2 saturated heterocycles. The molecule has 0 saturated carbocycles. The molecule has 2 aliphatic heterocycles. The second kappa shape index (κ2) is 7.61. The van der Waals surface area contributed by atoms with Crippen LogP contribution < -0.4 is 5.32 Å². The Labute approximate surface area is 119 Å². The molecule has 3 atom stereocenters. The van der Waals surface area contributed by atoms with Crippen molar-refractivity contribution >= 4 is 0 Å². The third-order valence-electron chi connectivity index (χ3n) is 5.17. The van der Waals surface area contributed by atoms with Crippen LogP contribution >= 0.6 is 0 Å². The summed E-state index contributed by atoms with van der Waals surface area (Å²) in [5.41, 5.74) is 0. The average Bonchev–Trinajstić information content (AvgIpc) is 3.09. The van der Waals surface area contributed by atoms with E-state index in [1.807, 2.05) is 0 Å². The summed E-state index contributed by atoms with van der Waals surface area (Å²) in [5, 5.41) is 3.56. The van der Waals surface area contributed by atoms with Gasteiger partial charge in [0.05, 0.1) is 0 Å². The zero-order valence-corrected chi connectivity index (χ0v) is 13.2. The van der Waals surface area contributed by atoms with Gasteiger partial charge in [-0.3, -0.25) is 9.80 Å². The van der Waals surface area contributed by atoms with Crippen molar-refractivity contribution in [3.63, 3.8) is 0 Å². The number of rotatable bonds is 7. The quantitative estimate of drug-likeness (QED) is 0.764. The summed E-state index contributed by atoms with van der Waals surface area (Å²) in [6.07, 6.45) is 8.09. The minimum atomic E-state index is 0.673. The van der Waals surface area contributed by atoms with Gasteiger partial charge in [0, 0.05) is 31.2 Å². The summed E-state index contributed by atoms with van der Waals surface area (Å²) < 4.78 is 0. The predicted molar refractivity (Wildman–Crippen MR) is 82.6 cm³/mol. The van der Waals surface area contributed by atoms with Crippen LogP contribution in [0.3, 0.4) is 0 Å². The molecule has 0 aromatic heterocycles. The van der Waals surface area contributed by atoms with Gasteiger partial charge in [-0.2, -0.15) is 0 Å². The standard InChI is InChI=1S/C16H33N3/c1-4-8-15(17-3)16(5-2)19-12-9-14(13-19)18-10-6-7-11-18/h14-17H,4-13H2,1-3H3. The van der Waals surface area contributed by atoms with Crippen molar-refractivity contribution in [2.24, 2.45) is 0 Å². The van der Waals surface area contributed by atoms with Crippen LogP contribution in [0.15, 0.2) is 0 Å². The lowest BCUT2D eigenvalue weighted by Gasteiger charge is -2.34. The van der Waals surface area contributed by atoms with E-state index in [0.717, 1.165) is 12.1 Å². The SMILES string of the molecule is CCCC(NC)C(CC)N1CCC(N2CCCC2)C1. The molecule has 0 spiro atoms. The van der Waals surface area contributed by atoms with Crippen LogP contribution in [0.2, 0.25) is 0 Å². The highest BCUT2D eigenvalue weighted by Gasteiger charge is 2.34. The van der Waals surface area contributed by atoms with Crippen molar-refractivity contribution in [1.82, 2.24) is 15.1 Å². The lowest BCUT2D eigenvalue weighted by molar-refractivity contribution is 0.162. The van der Waals surface area contributed by atoms with Gasteiger partial charge >= 0.3 is 0 Å². The molecule has 0 aromatic carbocycles. The van der Waals surface area contributed by atoms with Gasteiger partial charge < -0.3 is 5.32 Å². The van der Waals surface area contributed by atoms with E-state index < -0.39 is 0 Å². The van der Waals surface area contributed by atoms with Gasteiger partial charge in [0.2, 0.25) is 0 Å². The maximum Gasteiger partial charge on any atom is 0.0247 e. The first kappa shape index (κ1) is 15.3. The monoisotopic (exact) mass is 267 g/mol. The molecule has 0 bridgehead atoms. The lowest BCUT2D eigenvalue weighted by Crippen LogP contribution is -2.49. The molecule has 0 amide bonds. The minimum Gasteiger partial charge on any atom is -0.315 e. The van der Waals surface area contributed by atoms with Crippen LogP contribution in [0.4, 0.5) is 0 Å². The Hall–Kier alpha value is -0.120. The first-order chi connectivity index (χ1) is 9.30. The number of likely N-dealkylation sites (tertiary alicyclic amines) is 2. The van der Waals surface area contributed by atoms with Crippen LogP contribution in [-0.2, 0) is 0 Å². The van der Waals surface area contributed by atoms with Crippen molar-refractivity contribution in [2.45, 2.75) is 70.5 Å². The van der Waals surface area contributed by atoms with Crippen LogP contribution in [0.1, 0.15) is 52.4 Å². The van der Waals surface area contributed by atoms with Gasteiger partial charge in [-0.1, -0.05) is 20.3 Å². The van der Waals surface area contributed by atoms with Crippen molar-refractivity contribution in [3.05, 3.63) is 0 Å². The average molecular weight is 267 g/mol. The van der Waals surface area contributed by atoms with Gasteiger partial charge in [-0.25, -0.2) is 0 Å². The molecule has 0 radical (unpaired) electrons. The molecule has 0 aliphatic carbocycles. The summed E-state index contributed by atoms with van der Waals surface area (Å²) in [4.78, 5) is 5.50. The van der Waals surface area contributed by atoms with Crippen molar-refractivity contribution in [3.8, 4) is 0 Å². The molecule has 2 aliphatic rings. The van der Waals surface area contributed by atoms with E-state index in [9.17, 15) is 0 Å². The van der Waals surface area contributed by atoms with E-state index in [-0.39, 0.29) is 0 Å². The number of nitrogens with zero attached hydrogens (tertiary/aromatic N) is 2. The van der Waals surface area contributed by atoms with E-state index in [2.05, 4.69) is 36.0 Å². The topological polar surface area (TPSA) is 18.5 Å². The van der Waals surface area contributed by atoms with E-state index in [0.29, 0.717) is 6.04 Å². The fraction of sp³-hybridized carbons (Fsp3) is 1.00. The van der Waals surface area contributed by atoms with E-state index in [4.69, 9.17) is 0 Å². The summed E-state index contributed by atoms with van der Waals surface area (Å²) in [6.45, 7) is 9.96. The van der Waals surface area contributed by atoms with Crippen molar-refractivity contribution in [1.29, 1.82) is 0 Å². The van der Waals surface area contributed by atoms with E-state index in [1.165, 1.54) is 64.7 Å². The van der Waals surface area contributed by atoms with E-state index >= 15 is 0 Å². The summed E-state index contributed by atoms with van der Waals surface area (Å²) >= 11 is 0. The van der Waals surface area contributed by atoms with Crippen LogP contribution in [0, 0.1) is 0 Å². The Bertz CT molecular complexity index is 250. The van der Waals surface area contributed by atoms with Crippen LogP contribution in [-0.4, -0.2) is 61.2 Å². The third kappa shape index (κ3) is 3.71. The van der Waals surface area contributed by atoms with Gasteiger partial charge in [-0.15, -0.1) is 0 Å². The Kier molecular flexibility index (Phi) is 6.11. The summed E-state index contributed by atoms with van der Waals surface area (Å²) in [5.74, 6) is 0. The highest BCUT2D eigenvalue weighted by Crippen LogP contribution is 2.24. The van der Waals surface area contributed by atoms with Crippen LogP contribution in [0.5, 0.6) is 0 Å².